The second kappa shape index (κ2) is 12.2. The van der Waals surface area contributed by atoms with Gasteiger partial charge >= 0.3 is 0 Å². The normalized spacial score (nSPS) is 13.9. The Hall–Kier alpha value is -3.86. The number of hydrogen-bond acceptors (Lipinski definition) is 7. The second-order valence-corrected chi connectivity index (χ2v) is 8.30. The Kier molecular flexibility index (Phi) is 8.56. The van der Waals surface area contributed by atoms with Crippen LogP contribution in [0.25, 0.3) is 0 Å². The summed E-state index contributed by atoms with van der Waals surface area (Å²) in [5.74, 6) is -0.614. The molecule has 0 spiro atoms. The van der Waals surface area contributed by atoms with Gasteiger partial charge in [0.25, 0.3) is 0 Å². The Morgan fingerprint density at radius 2 is 2.00 bits per heavy atom. The van der Waals surface area contributed by atoms with E-state index in [4.69, 9.17) is 5.73 Å². The summed E-state index contributed by atoms with van der Waals surface area (Å²) in [6.45, 7) is 1.10. The maximum absolute atomic E-state index is 13.9. The van der Waals surface area contributed by atoms with Crippen molar-refractivity contribution in [2.24, 2.45) is 15.7 Å². The smallest absolute Gasteiger partial charge is 0.168 e. The van der Waals surface area contributed by atoms with E-state index in [0.29, 0.717) is 48.5 Å². The molecule has 11 heteroatoms. The molecule has 1 saturated carbocycles. The number of amidine groups is 1. The molecule has 3 aromatic heterocycles. The highest BCUT2D eigenvalue weighted by molar-refractivity contribution is 6.04. The van der Waals surface area contributed by atoms with E-state index in [1.807, 2.05) is 6.20 Å². The molecule has 4 N–H and O–H groups in total. The van der Waals surface area contributed by atoms with Gasteiger partial charge in [-0.05, 0) is 55.0 Å². The molecule has 4 rings (SSSR count). The van der Waals surface area contributed by atoms with E-state index in [1.54, 1.807) is 24.5 Å². The molecular weight excluding hydrogens is 469 g/mol. The number of aromatic nitrogens is 3. The van der Waals surface area contributed by atoms with Crippen molar-refractivity contribution in [3.8, 4) is 0 Å². The van der Waals surface area contributed by atoms with Gasteiger partial charge in [0.1, 0.15) is 24.1 Å². The van der Waals surface area contributed by atoms with Crippen LogP contribution in [0.4, 0.5) is 30.5 Å². The molecule has 8 nitrogen and oxygen atoms in total. The zero-order chi connectivity index (χ0) is 25.3. The molecule has 0 radical (unpaired) electrons. The van der Waals surface area contributed by atoms with Gasteiger partial charge < -0.3 is 16.4 Å². The van der Waals surface area contributed by atoms with Gasteiger partial charge in [0.2, 0.25) is 0 Å². The van der Waals surface area contributed by atoms with E-state index in [9.17, 15) is 13.2 Å². The number of nitrogens with zero attached hydrogens (tertiary/aromatic N) is 5. The lowest BCUT2D eigenvalue weighted by molar-refractivity contribution is 0.466. The maximum atomic E-state index is 13.9. The monoisotopic (exact) mass is 496 g/mol. The number of hydrogen-bond donors (Lipinski definition) is 3. The Balaban J connectivity index is 1.52. The molecule has 0 unspecified atom stereocenters. The fraction of sp³-hybridized carbons (Fsp3) is 0.320. The summed E-state index contributed by atoms with van der Waals surface area (Å²) in [5, 5.41) is 5.73. The summed E-state index contributed by atoms with van der Waals surface area (Å²) in [6, 6.07) is 4.14. The topological polar surface area (TPSA) is 113 Å². The third kappa shape index (κ3) is 6.85. The average molecular weight is 497 g/mol. The quantitative estimate of drug-likeness (QED) is 0.197. The minimum atomic E-state index is -0.823. The molecular formula is C25H27F3N8. The van der Waals surface area contributed by atoms with Gasteiger partial charge in [0.15, 0.2) is 11.6 Å². The van der Waals surface area contributed by atoms with E-state index in [1.165, 1.54) is 6.20 Å². The Morgan fingerprint density at radius 3 is 2.78 bits per heavy atom. The molecule has 0 aromatic carbocycles. The minimum absolute atomic E-state index is 0.134. The first-order valence-electron chi connectivity index (χ1n) is 11.7. The first-order valence-corrected chi connectivity index (χ1v) is 11.7. The molecule has 3 aromatic rings. The van der Waals surface area contributed by atoms with Gasteiger partial charge in [0.05, 0.1) is 18.1 Å². The lowest BCUT2D eigenvalue weighted by Crippen LogP contribution is -2.20. The minimum Gasteiger partial charge on any atom is -0.383 e. The molecule has 0 atom stereocenters. The van der Waals surface area contributed by atoms with Crippen molar-refractivity contribution < 1.29 is 13.2 Å². The van der Waals surface area contributed by atoms with Crippen LogP contribution in [-0.2, 0) is 0 Å². The van der Waals surface area contributed by atoms with Crippen molar-refractivity contribution in [3.05, 3.63) is 71.3 Å². The summed E-state index contributed by atoms with van der Waals surface area (Å²) in [4.78, 5) is 21.4. The van der Waals surface area contributed by atoms with Gasteiger partial charge in [-0.2, -0.15) is 0 Å². The molecule has 0 amide bonds. The average Bonchev–Trinajstić information content (AvgIpc) is 3.72. The lowest BCUT2D eigenvalue weighted by atomic mass is 10.0. The molecule has 3 heterocycles. The van der Waals surface area contributed by atoms with Crippen molar-refractivity contribution in [3.63, 3.8) is 0 Å². The van der Waals surface area contributed by atoms with Crippen LogP contribution in [0.15, 0.2) is 53.0 Å². The summed E-state index contributed by atoms with van der Waals surface area (Å²) >= 11 is 0. The number of nitrogens with one attached hydrogen (secondary N) is 2. The largest absolute Gasteiger partial charge is 0.383 e. The van der Waals surface area contributed by atoms with Gasteiger partial charge in [-0.25, -0.2) is 23.1 Å². The van der Waals surface area contributed by atoms with E-state index in [-0.39, 0.29) is 5.82 Å². The third-order valence-electron chi connectivity index (χ3n) is 5.48. The van der Waals surface area contributed by atoms with Crippen molar-refractivity contribution in [2.45, 2.75) is 25.2 Å². The number of alkyl halides is 1. The van der Waals surface area contributed by atoms with Gasteiger partial charge in [-0.3, -0.25) is 15.0 Å². The van der Waals surface area contributed by atoms with E-state index in [2.05, 4.69) is 35.6 Å². The molecule has 1 aliphatic carbocycles. The fourth-order valence-electron chi connectivity index (χ4n) is 3.59. The van der Waals surface area contributed by atoms with Gasteiger partial charge in [-0.15, -0.1) is 0 Å². The lowest BCUT2D eigenvalue weighted by Gasteiger charge is -2.11. The fourth-order valence-corrected chi connectivity index (χ4v) is 3.59. The van der Waals surface area contributed by atoms with Crippen molar-refractivity contribution in [1.82, 2.24) is 20.3 Å². The predicted molar refractivity (Wildman–Crippen MR) is 134 cm³/mol. The number of aliphatic imine (C=N–C) groups is 2. The second-order valence-electron chi connectivity index (χ2n) is 8.30. The molecule has 1 fully saturated rings. The van der Waals surface area contributed by atoms with E-state index in [0.717, 1.165) is 42.7 Å². The summed E-state index contributed by atoms with van der Waals surface area (Å²) in [5.41, 5.74) is 9.46. The number of nitrogens with two attached hydrogens (primary N) is 1. The van der Waals surface area contributed by atoms with Crippen molar-refractivity contribution in [1.29, 1.82) is 0 Å². The third-order valence-corrected chi connectivity index (χ3v) is 5.48. The zero-order valence-corrected chi connectivity index (χ0v) is 19.6. The Labute approximate surface area is 207 Å². The van der Waals surface area contributed by atoms with Crippen LogP contribution >= 0.6 is 0 Å². The number of pyridine rings is 3. The zero-order valence-electron chi connectivity index (χ0n) is 19.6. The maximum Gasteiger partial charge on any atom is 0.168 e. The van der Waals surface area contributed by atoms with Crippen LogP contribution in [0, 0.1) is 11.6 Å². The van der Waals surface area contributed by atoms with Crippen LogP contribution in [0.3, 0.4) is 0 Å². The van der Waals surface area contributed by atoms with E-state index < -0.39 is 18.3 Å². The summed E-state index contributed by atoms with van der Waals surface area (Å²) < 4.78 is 39.2. The van der Waals surface area contributed by atoms with Crippen molar-refractivity contribution >= 4 is 29.4 Å². The van der Waals surface area contributed by atoms with Crippen LogP contribution < -0.4 is 16.4 Å². The first kappa shape index (κ1) is 25.2. The summed E-state index contributed by atoms with van der Waals surface area (Å²) in [6.07, 6.45) is 10.4. The van der Waals surface area contributed by atoms with Gasteiger partial charge in [0, 0.05) is 43.3 Å². The highest BCUT2D eigenvalue weighted by Crippen LogP contribution is 2.43. The Bertz CT molecular complexity index is 1240. The Morgan fingerprint density at radius 1 is 1.14 bits per heavy atom. The number of rotatable bonds is 12. The molecule has 0 bridgehead atoms. The highest BCUT2D eigenvalue weighted by Gasteiger charge is 2.28. The highest BCUT2D eigenvalue weighted by atomic mass is 19.1. The number of anilines is 2. The molecule has 188 valence electrons. The van der Waals surface area contributed by atoms with Gasteiger partial charge in [-0.1, -0.05) is 0 Å². The molecule has 1 aliphatic rings. The first-order chi connectivity index (χ1) is 17.5. The standard InChI is InChI=1S/C25H27F3N8/c26-5-9-30-6-1-7-33-24(29)23-19(17-2-3-17)14-31-15-21(23)34-12-16-4-8-32-22(10-16)36-25-20(28)11-18(27)13-35-25/h4,8,10-15,17,30H,1-3,5-7,9H2,(H2,29,33)(H,32,35,36). The van der Waals surface area contributed by atoms with Crippen LogP contribution in [0.5, 0.6) is 0 Å². The van der Waals surface area contributed by atoms with E-state index >= 15 is 0 Å². The molecule has 36 heavy (non-hydrogen) atoms. The van der Waals surface area contributed by atoms with Crippen molar-refractivity contribution in [2.75, 3.05) is 31.6 Å². The van der Waals surface area contributed by atoms with Crippen LogP contribution in [-0.4, -0.2) is 53.3 Å². The van der Waals surface area contributed by atoms with Crippen LogP contribution in [0.2, 0.25) is 0 Å². The molecule has 0 saturated heterocycles. The number of halogens is 3. The van der Waals surface area contributed by atoms with Crippen LogP contribution in [0.1, 0.15) is 41.9 Å². The predicted octanol–water partition coefficient (Wildman–Crippen LogP) is 4.18. The summed E-state index contributed by atoms with van der Waals surface area (Å²) in [7, 11) is 0. The molecule has 0 aliphatic heterocycles. The SMILES string of the molecule is NC(=NCCCNCCF)c1c(N=Cc2ccnc(Nc3ncc(F)cc3F)c2)cncc1C1CC1.